The maximum Gasteiger partial charge on any atom is 0.270 e. The van der Waals surface area contributed by atoms with E-state index in [1.165, 1.54) is 6.42 Å². The molecule has 2 N–H and O–H groups in total. The molecule has 1 aromatic rings. The molecule has 1 spiro atoms. The molecule has 0 saturated carbocycles. The number of nitrogens with zero attached hydrogens (tertiary/aromatic N) is 1. The summed E-state index contributed by atoms with van der Waals surface area (Å²) in [6.45, 7) is 4.08. The van der Waals surface area contributed by atoms with Crippen LogP contribution in [-0.4, -0.2) is 42.0 Å². The fourth-order valence-electron chi connectivity index (χ4n) is 3.04. The number of hydrogen-bond donors (Lipinski definition) is 2. The molecule has 0 radical (unpaired) electrons. The van der Waals surface area contributed by atoms with Crippen molar-refractivity contribution >= 4 is 5.91 Å². The minimum atomic E-state index is 0.149. The summed E-state index contributed by atoms with van der Waals surface area (Å²) < 4.78 is 0. The van der Waals surface area contributed by atoms with Gasteiger partial charge < -0.3 is 15.2 Å². The summed E-state index contributed by atoms with van der Waals surface area (Å²) in [7, 11) is 0. The Morgan fingerprint density at radius 3 is 2.71 bits per heavy atom. The van der Waals surface area contributed by atoms with Crippen LogP contribution in [0.25, 0.3) is 0 Å². The van der Waals surface area contributed by atoms with Gasteiger partial charge in [0.05, 0.1) is 0 Å². The second kappa shape index (κ2) is 4.18. The molecule has 0 aromatic carbocycles. The van der Waals surface area contributed by atoms with Gasteiger partial charge in [0.25, 0.3) is 5.91 Å². The minimum Gasteiger partial charge on any atom is -0.357 e. The van der Waals surface area contributed by atoms with E-state index in [1.807, 2.05) is 17.0 Å². The molecular formula is C13H19N3O. The Bertz CT molecular complexity index is 383. The van der Waals surface area contributed by atoms with Crippen molar-refractivity contribution in [3.63, 3.8) is 0 Å². The molecule has 3 heterocycles. The Hall–Kier alpha value is -1.29. The van der Waals surface area contributed by atoms with Crippen molar-refractivity contribution in [1.82, 2.24) is 15.2 Å². The average Bonchev–Trinajstić information content (AvgIpc) is 3.01. The maximum atomic E-state index is 12.1. The molecule has 0 unspecified atom stereocenters. The number of nitrogens with one attached hydrogen (secondary N) is 2. The summed E-state index contributed by atoms with van der Waals surface area (Å²) in [5, 5.41) is 3.44. The largest absolute Gasteiger partial charge is 0.357 e. The first-order chi connectivity index (χ1) is 8.29. The highest BCUT2D eigenvalue weighted by molar-refractivity contribution is 5.92. The summed E-state index contributed by atoms with van der Waals surface area (Å²) in [6, 6.07) is 3.73. The number of aromatic nitrogens is 1. The van der Waals surface area contributed by atoms with Crippen LogP contribution in [0.2, 0.25) is 0 Å². The summed E-state index contributed by atoms with van der Waals surface area (Å²) in [4.78, 5) is 17.1. The first-order valence-corrected chi connectivity index (χ1v) is 6.43. The van der Waals surface area contributed by atoms with Gasteiger partial charge in [-0.3, -0.25) is 4.79 Å². The zero-order chi connectivity index (χ0) is 11.7. The molecule has 1 amide bonds. The summed E-state index contributed by atoms with van der Waals surface area (Å²) in [5.41, 5.74) is 1.19. The van der Waals surface area contributed by atoms with Gasteiger partial charge in [-0.15, -0.1) is 0 Å². The van der Waals surface area contributed by atoms with Crippen LogP contribution < -0.4 is 5.32 Å². The number of carbonyl (C=O) groups excluding carboxylic acids is 1. The van der Waals surface area contributed by atoms with Gasteiger partial charge in [0.15, 0.2) is 0 Å². The van der Waals surface area contributed by atoms with Crippen molar-refractivity contribution in [2.45, 2.75) is 19.3 Å². The van der Waals surface area contributed by atoms with E-state index in [2.05, 4.69) is 10.3 Å². The fourth-order valence-corrected chi connectivity index (χ4v) is 3.04. The summed E-state index contributed by atoms with van der Waals surface area (Å²) in [6.07, 6.45) is 5.37. The first-order valence-electron chi connectivity index (χ1n) is 6.43. The number of likely N-dealkylation sites (tertiary alicyclic amines) is 1. The van der Waals surface area contributed by atoms with Crippen LogP contribution in [-0.2, 0) is 0 Å². The summed E-state index contributed by atoms with van der Waals surface area (Å²) >= 11 is 0. The topological polar surface area (TPSA) is 48.1 Å². The molecule has 4 nitrogen and oxygen atoms in total. The highest BCUT2D eigenvalue weighted by Gasteiger charge is 2.38. The van der Waals surface area contributed by atoms with Crippen molar-refractivity contribution in [2.24, 2.45) is 5.41 Å². The van der Waals surface area contributed by atoms with Crippen LogP contribution in [0.1, 0.15) is 29.8 Å². The minimum absolute atomic E-state index is 0.149. The van der Waals surface area contributed by atoms with Crippen LogP contribution in [0, 0.1) is 5.41 Å². The number of carbonyl (C=O) groups is 1. The lowest BCUT2D eigenvalue weighted by molar-refractivity contribution is 0.0602. The van der Waals surface area contributed by atoms with Crippen molar-refractivity contribution in [1.29, 1.82) is 0 Å². The van der Waals surface area contributed by atoms with E-state index < -0.39 is 0 Å². The van der Waals surface area contributed by atoms with Crippen LogP contribution in [0.5, 0.6) is 0 Å². The molecular weight excluding hydrogens is 214 g/mol. The average molecular weight is 233 g/mol. The molecule has 0 atom stereocenters. The maximum absolute atomic E-state index is 12.1. The van der Waals surface area contributed by atoms with Crippen molar-refractivity contribution in [3.8, 4) is 0 Å². The van der Waals surface area contributed by atoms with E-state index in [9.17, 15) is 4.79 Å². The number of piperidine rings is 1. The van der Waals surface area contributed by atoms with Gasteiger partial charge in [0.2, 0.25) is 0 Å². The van der Waals surface area contributed by atoms with Gasteiger partial charge in [-0.25, -0.2) is 0 Å². The molecule has 17 heavy (non-hydrogen) atoms. The second-order valence-corrected chi connectivity index (χ2v) is 5.30. The zero-order valence-electron chi connectivity index (χ0n) is 10.0. The van der Waals surface area contributed by atoms with Gasteiger partial charge in [-0.2, -0.15) is 0 Å². The van der Waals surface area contributed by atoms with Gasteiger partial charge in [-0.05, 0) is 43.4 Å². The van der Waals surface area contributed by atoms with Crippen molar-refractivity contribution in [2.75, 3.05) is 26.2 Å². The lowest BCUT2D eigenvalue weighted by Crippen LogP contribution is -2.44. The van der Waals surface area contributed by atoms with Crippen molar-refractivity contribution < 1.29 is 4.79 Å². The number of H-pyrrole nitrogens is 1. The first kappa shape index (κ1) is 10.8. The van der Waals surface area contributed by atoms with E-state index >= 15 is 0 Å². The normalized spacial score (nSPS) is 23.2. The Balaban J connectivity index is 1.63. The van der Waals surface area contributed by atoms with E-state index in [4.69, 9.17) is 0 Å². The van der Waals surface area contributed by atoms with Gasteiger partial charge >= 0.3 is 0 Å². The number of amides is 1. The molecule has 2 aliphatic rings. The van der Waals surface area contributed by atoms with E-state index in [-0.39, 0.29) is 5.91 Å². The lowest BCUT2D eigenvalue weighted by atomic mass is 9.78. The second-order valence-electron chi connectivity index (χ2n) is 5.30. The molecule has 0 bridgehead atoms. The fraction of sp³-hybridized carbons (Fsp3) is 0.615. The van der Waals surface area contributed by atoms with Gasteiger partial charge in [0.1, 0.15) is 5.69 Å². The third-order valence-electron chi connectivity index (χ3n) is 4.27. The number of aromatic amines is 1. The highest BCUT2D eigenvalue weighted by Crippen LogP contribution is 2.37. The number of hydrogen-bond acceptors (Lipinski definition) is 2. The predicted octanol–water partition coefficient (Wildman–Crippen LogP) is 1.23. The third-order valence-corrected chi connectivity index (χ3v) is 4.27. The SMILES string of the molecule is O=C(c1ccc[nH]1)N1CCC2(CCNC2)CC1. The molecule has 0 aliphatic carbocycles. The quantitative estimate of drug-likeness (QED) is 0.766. The number of rotatable bonds is 1. The molecule has 92 valence electrons. The zero-order valence-corrected chi connectivity index (χ0v) is 10.0. The smallest absolute Gasteiger partial charge is 0.270 e. The molecule has 1 aromatic heterocycles. The van der Waals surface area contributed by atoms with E-state index in [1.54, 1.807) is 6.20 Å². The van der Waals surface area contributed by atoms with Crippen LogP contribution in [0.15, 0.2) is 18.3 Å². The Labute approximate surface area is 101 Å². The van der Waals surface area contributed by atoms with Crippen LogP contribution in [0.4, 0.5) is 0 Å². The molecule has 2 saturated heterocycles. The Kier molecular flexibility index (Phi) is 2.67. The molecule has 4 heteroatoms. The monoisotopic (exact) mass is 233 g/mol. The van der Waals surface area contributed by atoms with Crippen LogP contribution in [0.3, 0.4) is 0 Å². The van der Waals surface area contributed by atoms with Gasteiger partial charge in [0, 0.05) is 25.8 Å². The standard InChI is InChI=1S/C13H19N3O/c17-12(11-2-1-6-15-11)16-8-4-13(5-9-16)3-7-14-10-13/h1-2,6,14-15H,3-5,7-10H2. The predicted molar refractivity (Wildman–Crippen MR) is 65.8 cm³/mol. The molecule has 2 aliphatic heterocycles. The Morgan fingerprint density at radius 2 is 2.12 bits per heavy atom. The van der Waals surface area contributed by atoms with Crippen LogP contribution >= 0.6 is 0 Å². The Morgan fingerprint density at radius 1 is 1.29 bits per heavy atom. The summed E-state index contributed by atoms with van der Waals surface area (Å²) in [5.74, 6) is 0.149. The third kappa shape index (κ3) is 1.97. The molecule has 3 rings (SSSR count). The highest BCUT2D eigenvalue weighted by atomic mass is 16.2. The van der Waals surface area contributed by atoms with E-state index in [0.29, 0.717) is 11.1 Å². The lowest BCUT2D eigenvalue weighted by Gasteiger charge is -2.38. The molecule has 2 fully saturated rings. The van der Waals surface area contributed by atoms with E-state index in [0.717, 1.165) is 39.0 Å². The van der Waals surface area contributed by atoms with Gasteiger partial charge in [-0.1, -0.05) is 0 Å². The van der Waals surface area contributed by atoms with Crippen molar-refractivity contribution in [3.05, 3.63) is 24.0 Å².